The van der Waals surface area contributed by atoms with E-state index < -0.39 is 0 Å². The SMILES string of the molecule is CC(C)CCCCCCN1C(=O)C(C)NC(=O)C1C(C)C. The number of carbonyl (C=O) groups excluding carboxylic acids is 2. The number of amides is 2. The van der Waals surface area contributed by atoms with Crippen LogP contribution in [0.15, 0.2) is 0 Å². The Morgan fingerprint density at radius 1 is 1.05 bits per heavy atom. The summed E-state index contributed by atoms with van der Waals surface area (Å²) in [6.45, 7) is 11.0. The molecule has 1 fully saturated rings. The van der Waals surface area contributed by atoms with Crippen LogP contribution in [-0.4, -0.2) is 35.3 Å². The Morgan fingerprint density at radius 2 is 1.67 bits per heavy atom. The molecular formula is C17H32N2O2. The van der Waals surface area contributed by atoms with E-state index in [0.717, 1.165) is 18.8 Å². The van der Waals surface area contributed by atoms with E-state index in [1.165, 1.54) is 19.3 Å². The lowest BCUT2D eigenvalue weighted by Crippen LogP contribution is -2.64. The average Bonchev–Trinajstić information content (AvgIpc) is 2.38. The molecule has 1 aliphatic rings. The van der Waals surface area contributed by atoms with Crippen LogP contribution in [0.2, 0.25) is 0 Å². The second-order valence-corrected chi connectivity index (χ2v) is 7.05. The monoisotopic (exact) mass is 296 g/mol. The number of piperazine rings is 1. The van der Waals surface area contributed by atoms with Crippen LogP contribution < -0.4 is 5.32 Å². The van der Waals surface area contributed by atoms with Crippen LogP contribution in [0.5, 0.6) is 0 Å². The lowest BCUT2D eigenvalue weighted by atomic mass is 9.96. The standard InChI is InChI=1S/C17H32N2O2/c1-12(2)10-8-6-7-9-11-19-15(13(3)4)16(20)18-14(5)17(19)21/h12-15H,6-11H2,1-5H3,(H,18,20). The Kier molecular flexibility index (Phi) is 7.20. The molecule has 2 unspecified atom stereocenters. The first-order valence-corrected chi connectivity index (χ1v) is 8.45. The predicted molar refractivity (Wildman–Crippen MR) is 85.9 cm³/mol. The molecule has 1 rings (SSSR count). The highest BCUT2D eigenvalue weighted by Gasteiger charge is 2.39. The Bertz CT molecular complexity index is 353. The first-order valence-electron chi connectivity index (χ1n) is 8.45. The minimum absolute atomic E-state index is 0.00286. The summed E-state index contributed by atoms with van der Waals surface area (Å²) in [5.74, 6) is 0.985. The Balaban J connectivity index is 2.45. The van der Waals surface area contributed by atoms with Crippen LogP contribution in [0, 0.1) is 11.8 Å². The van der Waals surface area contributed by atoms with Crippen LogP contribution in [-0.2, 0) is 9.59 Å². The van der Waals surface area contributed by atoms with E-state index in [-0.39, 0.29) is 29.8 Å². The first kappa shape index (κ1) is 18.0. The number of nitrogens with zero attached hydrogens (tertiary/aromatic N) is 1. The van der Waals surface area contributed by atoms with E-state index in [0.29, 0.717) is 6.54 Å². The van der Waals surface area contributed by atoms with Gasteiger partial charge in [-0.05, 0) is 25.2 Å². The van der Waals surface area contributed by atoms with E-state index in [9.17, 15) is 9.59 Å². The molecule has 2 atom stereocenters. The maximum Gasteiger partial charge on any atom is 0.245 e. The van der Waals surface area contributed by atoms with Gasteiger partial charge >= 0.3 is 0 Å². The van der Waals surface area contributed by atoms with Crippen molar-refractivity contribution in [1.82, 2.24) is 10.2 Å². The predicted octanol–water partition coefficient (Wildman–Crippen LogP) is 2.96. The van der Waals surface area contributed by atoms with Crippen LogP contribution in [0.4, 0.5) is 0 Å². The molecule has 0 aliphatic carbocycles. The molecule has 122 valence electrons. The van der Waals surface area contributed by atoms with Crippen molar-refractivity contribution in [2.75, 3.05) is 6.54 Å². The maximum absolute atomic E-state index is 12.3. The summed E-state index contributed by atoms with van der Waals surface area (Å²) in [6, 6.07) is -0.683. The average molecular weight is 296 g/mol. The third-order valence-electron chi connectivity index (χ3n) is 4.18. The van der Waals surface area contributed by atoms with Crippen molar-refractivity contribution in [3.63, 3.8) is 0 Å². The molecule has 21 heavy (non-hydrogen) atoms. The molecule has 1 aliphatic heterocycles. The van der Waals surface area contributed by atoms with E-state index in [2.05, 4.69) is 19.2 Å². The summed E-state index contributed by atoms with van der Waals surface area (Å²) < 4.78 is 0. The van der Waals surface area contributed by atoms with Crippen molar-refractivity contribution in [3.8, 4) is 0 Å². The molecule has 1 heterocycles. The van der Waals surface area contributed by atoms with Gasteiger partial charge in [0.15, 0.2) is 0 Å². The Labute approximate surface area is 129 Å². The quantitative estimate of drug-likeness (QED) is 0.700. The van der Waals surface area contributed by atoms with Crippen LogP contribution in [0.3, 0.4) is 0 Å². The third kappa shape index (κ3) is 5.33. The molecule has 4 nitrogen and oxygen atoms in total. The largest absolute Gasteiger partial charge is 0.343 e. The fraction of sp³-hybridized carbons (Fsp3) is 0.882. The van der Waals surface area contributed by atoms with Crippen molar-refractivity contribution in [3.05, 3.63) is 0 Å². The highest BCUT2D eigenvalue weighted by atomic mass is 16.2. The van der Waals surface area contributed by atoms with Crippen LogP contribution >= 0.6 is 0 Å². The second kappa shape index (κ2) is 8.40. The molecule has 0 aromatic rings. The minimum Gasteiger partial charge on any atom is -0.343 e. The summed E-state index contributed by atoms with van der Waals surface area (Å²) in [5.41, 5.74) is 0. The topological polar surface area (TPSA) is 49.4 Å². The summed E-state index contributed by atoms with van der Waals surface area (Å²) in [7, 11) is 0. The Morgan fingerprint density at radius 3 is 2.24 bits per heavy atom. The second-order valence-electron chi connectivity index (χ2n) is 7.05. The van der Waals surface area contributed by atoms with Crippen molar-refractivity contribution in [2.45, 2.75) is 78.8 Å². The maximum atomic E-state index is 12.3. The van der Waals surface area contributed by atoms with Crippen LogP contribution in [0.25, 0.3) is 0 Å². The molecule has 0 saturated carbocycles. The molecule has 4 heteroatoms. The normalized spacial score (nSPS) is 23.1. The van der Waals surface area contributed by atoms with Gasteiger partial charge in [0.1, 0.15) is 12.1 Å². The highest BCUT2D eigenvalue weighted by Crippen LogP contribution is 2.19. The van der Waals surface area contributed by atoms with E-state index in [1.54, 1.807) is 11.8 Å². The molecule has 0 bridgehead atoms. The lowest BCUT2D eigenvalue weighted by Gasteiger charge is -2.40. The molecule has 1 N–H and O–H groups in total. The number of nitrogens with one attached hydrogen (secondary N) is 1. The highest BCUT2D eigenvalue weighted by molar-refractivity contribution is 5.96. The fourth-order valence-corrected chi connectivity index (χ4v) is 2.99. The molecule has 0 aromatic heterocycles. The smallest absolute Gasteiger partial charge is 0.245 e. The van der Waals surface area contributed by atoms with Gasteiger partial charge in [0.2, 0.25) is 11.8 Å². The van der Waals surface area contributed by atoms with Crippen molar-refractivity contribution in [2.24, 2.45) is 11.8 Å². The van der Waals surface area contributed by atoms with Crippen molar-refractivity contribution in [1.29, 1.82) is 0 Å². The van der Waals surface area contributed by atoms with Gasteiger partial charge in [0, 0.05) is 6.54 Å². The van der Waals surface area contributed by atoms with E-state index in [4.69, 9.17) is 0 Å². The van der Waals surface area contributed by atoms with E-state index in [1.807, 2.05) is 13.8 Å². The lowest BCUT2D eigenvalue weighted by molar-refractivity contribution is -0.150. The molecule has 2 amide bonds. The Hall–Kier alpha value is -1.06. The molecule has 0 aromatic carbocycles. The van der Waals surface area contributed by atoms with Crippen LogP contribution in [0.1, 0.15) is 66.7 Å². The number of carbonyl (C=O) groups is 2. The summed E-state index contributed by atoms with van der Waals surface area (Å²) >= 11 is 0. The molecule has 0 spiro atoms. The van der Waals surface area contributed by atoms with Crippen molar-refractivity contribution < 1.29 is 9.59 Å². The summed E-state index contributed by atoms with van der Waals surface area (Å²) in [4.78, 5) is 26.2. The number of unbranched alkanes of at least 4 members (excludes halogenated alkanes) is 3. The van der Waals surface area contributed by atoms with Gasteiger partial charge in [0.05, 0.1) is 0 Å². The number of hydrogen-bond donors (Lipinski definition) is 1. The van der Waals surface area contributed by atoms with Gasteiger partial charge in [-0.15, -0.1) is 0 Å². The van der Waals surface area contributed by atoms with Gasteiger partial charge < -0.3 is 10.2 Å². The zero-order chi connectivity index (χ0) is 16.0. The molecule has 0 radical (unpaired) electrons. The minimum atomic E-state index is -0.381. The van der Waals surface area contributed by atoms with Gasteiger partial charge in [-0.25, -0.2) is 0 Å². The fourth-order valence-electron chi connectivity index (χ4n) is 2.99. The van der Waals surface area contributed by atoms with Gasteiger partial charge in [-0.2, -0.15) is 0 Å². The van der Waals surface area contributed by atoms with E-state index >= 15 is 0 Å². The molecule has 1 saturated heterocycles. The zero-order valence-electron chi connectivity index (χ0n) is 14.3. The van der Waals surface area contributed by atoms with Gasteiger partial charge in [-0.1, -0.05) is 53.4 Å². The molecular weight excluding hydrogens is 264 g/mol. The van der Waals surface area contributed by atoms with Gasteiger partial charge in [-0.3, -0.25) is 9.59 Å². The van der Waals surface area contributed by atoms with Gasteiger partial charge in [0.25, 0.3) is 0 Å². The summed E-state index contributed by atoms with van der Waals surface area (Å²) in [5, 5.41) is 2.78. The number of hydrogen-bond acceptors (Lipinski definition) is 2. The zero-order valence-corrected chi connectivity index (χ0v) is 14.3. The number of rotatable bonds is 8. The first-order chi connectivity index (χ1) is 9.84. The van der Waals surface area contributed by atoms with Crippen molar-refractivity contribution >= 4 is 11.8 Å². The summed E-state index contributed by atoms with van der Waals surface area (Å²) in [6.07, 6.45) is 5.88. The third-order valence-corrected chi connectivity index (χ3v) is 4.18.